The van der Waals surface area contributed by atoms with Crippen LogP contribution in [0.4, 0.5) is 0 Å². The lowest BCUT2D eigenvalue weighted by molar-refractivity contribution is 0.0306. The predicted octanol–water partition coefficient (Wildman–Crippen LogP) is 6.95. The molecule has 0 bridgehead atoms. The topological polar surface area (TPSA) is 15.7 Å². The molecule has 1 fully saturated rings. The van der Waals surface area contributed by atoms with Crippen LogP contribution in [0.15, 0.2) is 72.8 Å². The van der Waals surface area contributed by atoms with Crippen LogP contribution in [-0.2, 0) is 13.1 Å². The third-order valence-electron chi connectivity index (χ3n) is 4.91. The largest absolute Gasteiger partial charge is 0.497 e. The standard InChI is InChI=1S/C23H20Cl2N2OS2/c1-28-21-12-6-18(7-13-21)22-26(14-16-2-8-19(24)9-3-16)27(23(29)30-22)15-17-4-10-20(25)11-5-17/h2-13,22H,14-15H2,1H3/t22-/m1/s1. The van der Waals surface area contributed by atoms with Gasteiger partial charge in [0.2, 0.25) is 0 Å². The molecule has 1 aliphatic rings. The number of rotatable bonds is 6. The van der Waals surface area contributed by atoms with E-state index in [2.05, 4.69) is 34.3 Å². The highest BCUT2D eigenvalue weighted by molar-refractivity contribution is 8.23. The van der Waals surface area contributed by atoms with E-state index in [9.17, 15) is 0 Å². The molecular weight excluding hydrogens is 455 g/mol. The van der Waals surface area contributed by atoms with Gasteiger partial charge >= 0.3 is 0 Å². The average molecular weight is 475 g/mol. The van der Waals surface area contributed by atoms with Gasteiger partial charge in [0.05, 0.1) is 13.7 Å². The minimum absolute atomic E-state index is 0.0754. The van der Waals surface area contributed by atoms with Crippen LogP contribution in [0.3, 0.4) is 0 Å². The predicted molar refractivity (Wildman–Crippen MR) is 130 cm³/mol. The number of hydrazine groups is 1. The molecule has 0 aromatic heterocycles. The summed E-state index contributed by atoms with van der Waals surface area (Å²) < 4.78 is 6.16. The second-order valence-electron chi connectivity index (χ2n) is 6.92. The van der Waals surface area contributed by atoms with Crippen molar-refractivity contribution in [2.75, 3.05) is 7.11 Å². The van der Waals surface area contributed by atoms with E-state index >= 15 is 0 Å². The number of thioether (sulfide) groups is 1. The van der Waals surface area contributed by atoms with Gasteiger partial charge in [-0.1, -0.05) is 83.6 Å². The SMILES string of the molecule is COc1ccc([C@H]2SC(=S)N(Cc3ccc(Cl)cc3)N2Cc2ccc(Cl)cc2)cc1. The minimum atomic E-state index is 0.0754. The molecule has 0 amide bonds. The van der Waals surface area contributed by atoms with Crippen molar-refractivity contribution in [2.24, 2.45) is 0 Å². The number of thiocarbonyl (C=S) groups is 1. The first-order valence-electron chi connectivity index (χ1n) is 9.41. The molecule has 7 heteroatoms. The third-order valence-corrected chi connectivity index (χ3v) is 7.06. The fraction of sp³-hybridized carbons (Fsp3) is 0.174. The van der Waals surface area contributed by atoms with Crippen LogP contribution < -0.4 is 4.74 Å². The van der Waals surface area contributed by atoms with Gasteiger partial charge in [0.15, 0.2) is 4.32 Å². The number of hydrogen-bond donors (Lipinski definition) is 0. The van der Waals surface area contributed by atoms with E-state index in [-0.39, 0.29) is 5.37 Å². The lowest BCUT2D eigenvalue weighted by Crippen LogP contribution is -2.38. The molecule has 3 aromatic carbocycles. The summed E-state index contributed by atoms with van der Waals surface area (Å²) in [6, 6.07) is 24.0. The fourth-order valence-corrected chi connectivity index (χ4v) is 5.10. The number of halogens is 2. The van der Waals surface area contributed by atoms with Crippen molar-refractivity contribution < 1.29 is 4.74 Å². The zero-order valence-corrected chi connectivity index (χ0v) is 19.4. The van der Waals surface area contributed by atoms with Crippen molar-refractivity contribution in [1.82, 2.24) is 10.0 Å². The first kappa shape index (κ1) is 21.5. The maximum absolute atomic E-state index is 6.08. The normalized spacial score (nSPS) is 16.8. The van der Waals surface area contributed by atoms with Crippen molar-refractivity contribution in [3.8, 4) is 5.75 Å². The van der Waals surface area contributed by atoms with Gasteiger partial charge in [-0.05, 0) is 53.1 Å². The number of methoxy groups -OCH3 is 1. The molecule has 1 atom stereocenters. The van der Waals surface area contributed by atoms with Crippen LogP contribution in [0.1, 0.15) is 22.1 Å². The molecule has 1 saturated heterocycles. The van der Waals surface area contributed by atoms with Crippen molar-refractivity contribution >= 4 is 51.5 Å². The first-order valence-corrected chi connectivity index (χ1v) is 11.5. The molecule has 1 aliphatic heterocycles. The third kappa shape index (κ3) is 4.93. The molecule has 30 heavy (non-hydrogen) atoms. The Morgan fingerprint density at radius 1 is 0.833 bits per heavy atom. The molecule has 0 saturated carbocycles. The number of benzene rings is 3. The number of hydrogen-bond acceptors (Lipinski definition) is 4. The lowest BCUT2D eigenvalue weighted by atomic mass is 10.1. The van der Waals surface area contributed by atoms with E-state index < -0.39 is 0 Å². The van der Waals surface area contributed by atoms with E-state index in [4.69, 9.17) is 40.2 Å². The Balaban J connectivity index is 1.64. The fourth-order valence-electron chi connectivity index (χ4n) is 3.32. The maximum Gasteiger partial charge on any atom is 0.153 e. The van der Waals surface area contributed by atoms with E-state index in [1.54, 1.807) is 18.9 Å². The highest BCUT2D eigenvalue weighted by atomic mass is 35.5. The highest BCUT2D eigenvalue weighted by Gasteiger charge is 2.37. The Labute approximate surface area is 196 Å². The van der Waals surface area contributed by atoms with Gasteiger partial charge in [0, 0.05) is 16.6 Å². The molecule has 154 valence electrons. The highest BCUT2D eigenvalue weighted by Crippen LogP contribution is 2.44. The van der Waals surface area contributed by atoms with Gasteiger partial charge in [-0.15, -0.1) is 0 Å². The molecule has 3 aromatic rings. The molecule has 4 rings (SSSR count). The average Bonchev–Trinajstić information content (AvgIpc) is 3.06. The molecule has 0 spiro atoms. The van der Waals surface area contributed by atoms with E-state index in [0.29, 0.717) is 13.1 Å². The van der Waals surface area contributed by atoms with Crippen molar-refractivity contribution in [3.05, 3.63) is 99.5 Å². The van der Waals surface area contributed by atoms with E-state index in [1.165, 1.54) is 11.1 Å². The van der Waals surface area contributed by atoms with Crippen LogP contribution in [0, 0.1) is 0 Å². The van der Waals surface area contributed by atoms with Gasteiger partial charge in [0.25, 0.3) is 0 Å². The van der Waals surface area contributed by atoms with Gasteiger partial charge in [-0.25, -0.2) is 0 Å². The quantitative estimate of drug-likeness (QED) is 0.358. The molecule has 0 N–H and O–H groups in total. The second kappa shape index (κ2) is 9.58. The number of ether oxygens (including phenoxy) is 1. The zero-order valence-electron chi connectivity index (χ0n) is 16.3. The Kier molecular flexibility index (Phi) is 6.86. The summed E-state index contributed by atoms with van der Waals surface area (Å²) in [6.45, 7) is 1.40. The molecule has 3 nitrogen and oxygen atoms in total. The van der Waals surface area contributed by atoms with E-state index in [0.717, 1.165) is 25.7 Å². The van der Waals surface area contributed by atoms with Gasteiger partial charge in [0.1, 0.15) is 11.1 Å². The van der Waals surface area contributed by atoms with Crippen LogP contribution >= 0.6 is 47.2 Å². The summed E-state index contributed by atoms with van der Waals surface area (Å²) in [5.41, 5.74) is 3.50. The monoisotopic (exact) mass is 474 g/mol. The van der Waals surface area contributed by atoms with Crippen LogP contribution in [0.5, 0.6) is 5.75 Å². The summed E-state index contributed by atoms with van der Waals surface area (Å²) in [4.78, 5) is 0. The Bertz CT molecular complexity index is 1010. The number of nitrogens with zero attached hydrogens (tertiary/aromatic N) is 2. The lowest BCUT2D eigenvalue weighted by Gasteiger charge is -2.32. The maximum atomic E-state index is 6.08. The van der Waals surface area contributed by atoms with E-state index in [1.807, 2.05) is 48.5 Å². The molecular formula is C23H20Cl2N2OS2. The summed E-state index contributed by atoms with van der Waals surface area (Å²) in [6.07, 6.45) is 0. The van der Waals surface area contributed by atoms with Crippen LogP contribution in [0.25, 0.3) is 0 Å². The van der Waals surface area contributed by atoms with Gasteiger partial charge in [-0.2, -0.15) is 5.01 Å². The summed E-state index contributed by atoms with van der Waals surface area (Å²) in [5, 5.41) is 6.02. The summed E-state index contributed by atoms with van der Waals surface area (Å²) in [5.74, 6) is 0.839. The Hall–Kier alpha value is -1.76. The Morgan fingerprint density at radius 2 is 1.37 bits per heavy atom. The van der Waals surface area contributed by atoms with Crippen molar-refractivity contribution in [2.45, 2.75) is 18.5 Å². The molecule has 0 radical (unpaired) electrons. The summed E-state index contributed by atoms with van der Waals surface area (Å²) >= 11 is 19.6. The molecule has 0 unspecified atom stereocenters. The van der Waals surface area contributed by atoms with Crippen LogP contribution in [-0.4, -0.2) is 21.4 Å². The minimum Gasteiger partial charge on any atom is -0.497 e. The van der Waals surface area contributed by atoms with Gasteiger partial charge < -0.3 is 4.74 Å². The zero-order chi connectivity index (χ0) is 21.1. The van der Waals surface area contributed by atoms with Gasteiger partial charge in [-0.3, -0.25) is 5.01 Å². The molecule has 0 aliphatic carbocycles. The molecule has 1 heterocycles. The smallest absolute Gasteiger partial charge is 0.153 e. The van der Waals surface area contributed by atoms with Crippen LogP contribution in [0.2, 0.25) is 10.0 Å². The van der Waals surface area contributed by atoms with Crippen molar-refractivity contribution in [1.29, 1.82) is 0 Å². The Morgan fingerprint density at radius 3 is 1.90 bits per heavy atom. The first-order chi connectivity index (χ1) is 14.5. The summed E-state index contributed by atoms with van der Waals surface area (Å²) in [7, 11) is 1.68. The second-order valence-corrected chi connectivity index (χ2v) is 9.50. The van der Waals surface area contributed by atoms with Crippen molar-refractivity contribution in [3.63, 3.8) is 0 Å².